The van der Waals surface area contributed by atoms with Crippen molar-refractivity contribution in [2.75, 3.05) is 0 Å². The number of ether oxygens (including phenoxy) is 1. The number of carboxylic acid groups (broad SMARTS) is 1. The van der Waals surface area contributed by atoms with Crippen molar-refractivity contribution >= 4 is 11.9 Å². The second-order valence-electron chi connectivity index (χ2n) is 5.43. The van der Waals surface area contributed by atoms with E-state index in [4.69, 9.17) is 4.74 Å². The predicted molar refractivity (Wildman–Crippen MR) is 71.9 cm³/mol. The molecule has 0 aliphatic carbocycles. The van der Waals surface area contributed by atoms with Crippen molar-refractivity contribution in [1.82, 2.24) is 0 Å². The lowest BCUT2D eigenvalue weighted by molar-refractivity contribution is -0.155. The van der Waals surface area contributed by atoms with E-state index in [1.165, 1.54) is 0 Å². The molecule has 0 heterocycles. The minimum Gasteiger partial charge on any atom is -0.481 e. The zero-order valence-electron chi connectivity index (χ0n) is 11.6. The summed E-state index contributed by atoms with van der Waals surface area (Å²) in [6, 6.07) is 8.93. The van der Waals surface area contributed by atoms with Crippen molar-refractivity contribution in [3.63, 3.8) is 0 Å². The fourth-order valence-corrected chi connectivity index (χ4v) is 1.77. The van der Waals surface area contributed by atoms with Crippen LogP contribution in [0.15, 0.2) is 30.3 Å². The van der Waals surface area contributed by atoms with Crippen LogP contribution in [0.1, 0.15) is 45.1 Å². The molecule has 1 atom stereocenters. The maximum atomic E-state index is 11.6. The van der Waals surface area contributed by atoms with Crippen LogP contribution >= 0.6 is 0 Å². The molecule has 0 aromatic heterocycles. The molecule has 4 heteroatoms. The number of rotatable bonds is 5. The zero-order chi connectivity index (χ0) is 14.5. The van der Waals surface area contributed by atoms with Crippen LogP contribution in [0.3, 0.4) is 0 Å². The first-order valence-corrected chi connectivity index (χ1v) is 6.29. The molecule has 1 rings (SSSR count). The largest absolute Gasteiger partial charge is 0.481 e. The van der Waals surface area contributed by atoms with Crippen LogP contribution in [0.4, 0.5) is 0 Å². The van der Waals surface area contributed by atoms with Gasteiger partial charge in [0.25, 0.3) is 0 Å². The molecule has 4 nitrogen and oxygen atoms in total. The summed E-state index contributed by atoms with van der Waals surface area (Å²) in [5.74, 6) is -1.96. The SMILES string of the molecule is CC(C)(C)OC(=O)CCC(C(=O)O)c1ccccc1. The van der Waals surface area contributed by atoms with Gasteiger partial charge in [0.2, 0.25) is 0 Å². The van der Waals surface area contributed by atoms with Crippen LogP contribution in [0, 0.1) is 0 Å². The molecule has 0 amide bonds. The highest BCUT2D eigenvalue weighted by Gasteiger charge is 2.23. The third kappa shape index (κ3) is 5.55. The number of hydrogen-bond acceptors (Lipinski definition) is 3. The van der Waals surface area contributed by atoms with E-state index in [9.17, 15) is 14.7 Å². The number of carbonyl (C=O) groups is 2. The van der Waals surface area contributed by atoms with Gasteiger partial charge in [0.15, 0.2) is 0 Å². The molecule has 1 aromatic rings. The van der Waals surface area contributed by atoms with E-state index in [2.05, 4.69) is 0 Å². The van der Waals surface area contributed by atoms with Gasteiger partial charge in [-0.2, -0.15) is 0 Å². The monoisotopic (exact) mass is 264 g/mol. The average molecular weight is 264 g/mol. The Balaban J connectivity index is 2.62. The number of carboxylic acids is 1. The van der Waals surface area contributed by atoms with E-state index in [-0.39, 0.29) is 18.8 Å². The molecule has 19 heavy (non-hydrogen) atoms. The van der Waals surface area contributed by atoms with Gasteiger partial charge in [-0.25, -0.2) is 0 Å². The van der Waals surface area contributed by atoms with Crippen LogP contribution in [0.5, 0.6) is 0 Å². The minimum atomic E-state index is -0.922. The molecule has 104 valence electrons. The molecule has 0 aliphatic rings. The Morgan fingerprint density at radius 3 is 2.26 bits per heavy atom. The lowest BCUT2D eigenvalue weighted by Gasteiger charge is -2.20. The van der Waals surface area contributed by atoms with Crippen LogP contribution in [0.25, 0.3) is 0 Å². The summed E-state index contributed by atoms with van der Waals surface area (Å²) in [5.41, 5.74) is 0.168. The molecule has 1 N–H and O–H groups in total. The second-order valence-corrected chi connectivity index (χ2v) is 5.43. The van der Waals surface area contributed by atoms with Crippen molar-refractivity contribution in [3.8, 4) is 0 Å². The van der Waals surface area contributed by atoms with Crippen LogP contribution in [-0.4, -0.2) is 22.6 Å². The average Bonchev–Trinajstić information content (AvgIpc) is 2.27. The van der Waals surface area contributed by atoms with E-state index in [0.717, 1.165) is 0 Å². The first kappa shape index (κ1) is 15.2. The third-order valence-electron chi connectivity index (χ3n) is 2.56. The van der Waals surface area contributed by atoms with Gasteiger partial charge in [-0.15, -0.1) is 0 Å². The lowest BCUT2D eigenvalue weighted by Crippen LogP contribution is -2.24. The van der Waals surface area contributed by atoms with Gasteiger partial charge in [0, 0.05) is 6.42 Å². The van der Waals surface area contributed by atoms with E-state index in [1.807, 2.05) is 6.07 Å². The van der Waals surface area contributed by atoms with Gasteiger partial charge in [0.05, 0.1) is 5.92 Å². The zero-order valence-corrected chi connectivity index (χ0v) is 11.6. The Bertz CT molecular complexity index is 431. The molecule has 0 aliphatic heterocycles. The van der Waals surface area contributed by atoms with Crippen LogP contribution < -0.4 is 0 Å². The smallest absolute Gasteiger partial charge is 0.310 e. The van der Waals surface area contributed by atoms with Crippen LogP contribution in [-0.2, 0) is 14.3 Å². The Hall–Kier alpha value is -1.84. The summed E-state index contributed by atoms with van der Waals surface area (Å²) in [7, 11) is 0. The molecule has 0 saturated heterocycles. The van der Waals surface area contributed by atoms with Gasteiger partial charge in [-0.1, -0.05) is 30.3 Å². The lowest BCUT2D eigenvalue weighted by atomic mass is 9.94. The van der Waals surface area contributed by atoms with Gasteiger partial charge in [-0.05, 0) is 32.8 Å². The maximum absolute atomic E-state index is 11.6. The number of esters is 1. The maximum Gasteiger partial charge on any atom is 0.310 e. The second kappa shape index (κ2) is 6.36. The van der Waals surface area contributed by atoms with E-state index in [1.54, 1.807) is 45.0 Å². The molecule has 0 bridgehead atoms. The summed E-state index contributed by atoms with van der Waals surface area (Å²) in [6.45, 7) is 5.37. The normalized spacial score (nSPS) is 12.8. The summed E-state index contributed by atoms with van der Waals surface area (Å²) in [6.07, 6.45) is 0.345. The van der Waals surface area contributed by atoms with Crippen LogP contribution in [0.2, 0.25) is 0 Å². The Kier molecular flexibility index (Phi) is 5.10. The highest BCUT2D eigenvalue weighted by atomic mass is 16.6. The standard InChI is InChI=1S/C15H20O4/c1-15(2,3)19-13(16)10-9-12(14(17)18)11-7-5-4-6-8-11/h4-8,12H,9-10H2,1-3H3,(H,17,18). The van der Waals surface area contributed by atoms with Crippen molar-refractivity contribution in [1.29, 1.82) is 0 Å². The Labute approximate surface area is 113 Å². The van der Waals surface area contributed by atoms with E-state index < -0.39 is 17.5 Å². The number of aliphatic carboxylic acids is 1. The van der Waals surface area contributed by atoms with Gasteiger partial charge < -0.3 is 9.84 Å². The fourth-order valence-electron chi connectivity index (χ4n) is 1.77. The number of hydrogen-bond donors (Lipinski definition) is 1. The highest BCUT2D eigenvalue weighted by Crippen LogP contribution is 2.22. The van der Waals surface area contributed by atoms with Gasteiger partial charge in [-0.3, -0.25) is 9.59 Å². The Morgan fingerprint density at radius 1 is 1.21 bits per heavy atom. The Morgan fingerprint density at radius 2 is 1.79 bits per heavy atom. The molecular weight excluding hydrogens is 244 g/mol. The highest BCUT2D eigenvalue weighted by molar-refractivity contribution is 5.77. The molecule has 0 radical (unpaired) electrons. The summed E-state index contributed by atoms with van der Waals surface area (Å²) >= 11 is 0. The molecule has 0 spiro atoms. The van der Waals surface area contributed by atoms with Crippen molar-refractivity contribution < 1.29 is 19.4 Å². The topological polar surface area (TPSA) is 63.6 Å². The summed E-state index contributed by atoms with van der Waals surface area (Å²) in [5, 5.41) is 9.22. The number of benzene rings is 1. The van der Waals surface area contributed by atoms with Gasteiger partial charge in [0.1, 0.15) is 5.60 Å². The molecule has 1 aromatic carbocycles. The quantitative estimate of drug-likeness (QED) is 0.830. The first-order chi connectivity index (χ1) is 8.79. The third-order valence-corrected chi connectivity index (χ3v) is 2.56. The first-order valence-electron chi connectivity index (χ1n) is 6.29. The van der Waals surface area contributed by atoms with Crippen molar-refractivity contribution in [2.24, 2.45) is 0 Å². The molecule has 1 unspecified atom stereocenters. The molecular formula is C15H20O4. The van der Waals surface area contributed by atoms with E-state index >= 15 is 0 Å². The predicted octanol–water partition coefficient (Wildman–Crippen LogP) is 2.98. The molecule has 0 saturated carbocycles. The number of carbonyl (C=O) groups excluding carboxylic acids is 1. The van der Waals surface area contributed by atoms with Crippen molar-refractivity contribution in [3.05, 3.63) is 35.9 Å². The summed E-state index contributed by atoms with van der Waals surface area (Å²) in [4.78, 5) is 22.8. The van der Waals surface area contributed by atoms with Crippen molar-refractivity contribution in [2.45, 2.75) is 45.1 Å². The summed E-state index contributed by atoms with van der Waals surface area (Å²) < 4.78 is 5.17. The fraction of sp³-hybridized carbons (Fsp3) is 0.467. The molecule has 0 fully saturated rings. The minimum absolute atomic E-state index is 0.100. The van der Waals surface area contributed by atoms with Gasteiger partial charge >= 0.3 is 11.9 Å². The van der Waals surface area contributed by atoms with E-state index in [0.29, 0.717) is 5.56 Å².